The second-order valence-corrected chi connectivity index (χ2v) is 5.89. The first-order valence-electron chi connectivity index (χ1n) is 6.86. The Morgan fingerprint density at radius 3 is 2.67 bits per heavy atom. The molecule has 24 heavy (non-hydrogen) atoms. The van der Waals surface area contributed by atoms with Gasteiger partial charge < -0.3 is 10.4 Å². The molecule has 0 bridgehead atoms. The number of fused-ring (bicyclic) bond motifs is 1. The van der Waals surface area contributed by atoms with Gasteiger partial charge in [-0.1, -0.05) is 35.3 Å². The van der Waals surface area contributed by atoms with Crippen molar-refractivity contribution in [1.29, 1.82) is 0 Å². The Morgan fingerprint density at radius 2 is 1.96 bits per heavy atom. The van der Waals surface area contributed by atoms with Gasteiger partial charge in [0.05, 0.1) is 27.0 Å². The number of carbonyl (C=O) groups is 2. The number of anilines is 1. The summed E-state index contributed by atoms with van der Waals surface area (Å²) in [7, 11) is 0. The van der Waals surface area contributed by atoms with Gasteiger partial charge in [0.15, 0.2) is 5.65 Å². The zero-order chi connectivity index (χ0) is 17.4. The van der Waals surface area contributed by atoms with Gasteiger partial charge in [0, 0.05) is 6.20 Å². The summed E-state index contributed by atoms with van der Waals surface area (Å²) in [5, 5.41) is 12.5. The topological polar surface area (TPSA) is 83.7 Å². The molecule has 0 radical (unpaired) electrons. The molecular weight excluding hydrogens is 353 g/mol. The summed E-state index contributed by atoms with van der Waals surface area (Å²) >= 11 is 12.1. The number of para-hydroxylation sites is 1. The molecule has 122 valence electrons. The lowest BCUT2D eigenvalue weighted by molar-refractivity contribution is 0.0698. The van der Waals surface area contributed by atoms with Crippen LogP contribution in [0.15, 0.2) is 36.5 Å². The second kappa shape index (κ2) is 6.14. The number of aryl methyl sites for hydroxylation is 1. The standard InChI is InChI=1S/C16H11Cl2N3O3/c1-8-13(21-7-9(17)6-11(18)14(21)19-8)15(22)20-12-5-3-2-4-10(12)16(23)24/h2-7H,1H3,(H,20,22)(H,23,24). The number of aromatic carboxylic acids is 1. The molecule has 1 aromatic carbocycles. The van der Waals surface area contributed by atoms with E-state index in [4.69, 9.17) is 23.2 Å². The lowest BCUT2D eigenvalue weighted by Crippen LogP contribution is -2.17. The highest BCUT2D eigenvalue weighted by atomic mass is 35.5. The third kappa shape index (κ3) is 2.81. The van der Waals surface area contributed by atoms with E-state index in [1.807, 2.05) is 0 Å². The molecule has 0 aliphatic carbocycles. The van der Waals surface area contributed by atoms with Crippen molar-refractivity contribution in [2.45, 2.75) is 6.92 Å². The molecule has 0 saturated heterocycles. The maximum atomic E-state index is 12.7. The molecule has 2 aromatic heterocycles. The fraction of sp³-hybridized carbons (Fsp3) is 0.0625. The highest BCUT2D eigenvalue weighted by molar-refractivity contribution is 6.36. The number of carboxylic acids is 1. The smallest absolute Gasteiger partial charge is 0.337 e. The van der Waals surface area contributed by atoms with E-state index in [1.54, 1.807) is 19.1 Å². The van der Waals surface area contributed by atoms with Crippen LogP contribution in [-0.2, 0) is 0 Å². The van der Waals surface area contributed by atoms with Gasteiger partial charge in [0.2, 0.25) is 0 Å². The van der Waals surface area contributed by atoms with Crippen molar-refractivity contribution in [1.82, 2.24) is 9.38 Å². The Hall–Kier alpha value is -2.57. The summed E-state index contributed by atoms with van der Waals surface area (Å²) in [4.78, 5) is 28.2. The summed E-state index contributed by atoms with van der Waals surface area (Å²) in [5.41, 5.74) is 1.26. The molecule has 0 fully saturated rings. The molecule has 6 nitrogen and oxygen atoms in total. The van der Waals surface area contributed by atoms with Gasteiger partial charge in [-0.2, -0.15) is 0 Å². The average molecular weight is 364 g/mol. The number of imidazole rings is 1. The molecule has 0 saturated carbocycles. The van der Waals surface area contributed by atoms with E-state index in [0.717, 1.165) is 0 Å². The monoisotopic (exact) mass is 363 g/mol. The van der Waals surface area contributed by atoms with E-state index >= 15 is 0 Å². The van der Waals surface area contributed by atoms with Crippen LogP contribution >= 0.6 is 23.2 Å². The summed E-state index contributed by atoms with van der Waals surface area (Å²) in [6, 6.07) is 7.68. The quantitative estimate of drug-likeness (QED) is 0.738. The van der Waals surface area contributed by atoms with Gasteiger partial charge in [-0.05, 0) is 25.1 Å². The summed E-state index contributed by atoms with van der Waals surface area (Å²) in [6.45, 7) is 1.66. The van der Waals surface area contributed by atoms with Crippen LogP contribution < -0.4 is 5.32 Å². The van der Waals surface area contributed by atoms with Gasteiger partial charge in [0.1, 0.15) is 5.69 Å². The number of nitrogens with one attached hydrogen (secondary N) is 1. The van der Waals surface area contributed by atoms with Crippen LogP contribution in [0, 0.1) is 6.92 Å². The van der Waals surface area contributed by atoms with Crippen molar-refractivity contribution in [3.8, 4) is 0 Å². The Kier molecular flexibility index (Phi) is 4.17. The number of carbonyl (C=O) groups excluding carboxylic acids is 1. The van der Waals surface area contributed by atoms with Crippen molar-refractivity contribution >= 4 is 46.4 Å². The minimum Gasteiger partial charge on any atom is -0.478 e. The molecular formula is C16H11Cl2N3O3. The van der Waals surface area contributed by atoms with Crippen molar-refractivity contribution in [2.75, 3.05) is 5.32 Å². The lowest BCUT2D eigenvalue weighted by atomic mass is 10.1. The van der Waals surface area contributed by atoms with Gasteiger partial charge in [-0.25, -0.2) is 9.78 Å². The molecule has 1 amide bonds. The predicted octanol–water partition coefficient (Wildman–Crippen LogP) is 3.90. The highest BCUT2D eigenvalue weighted by Crippen LogP contribution is 2.25. The number of hydrogen-bond acceptors (Lipinski definition) is 3. The number of benzene rings is 1. The molecule has 8 heteroatoms. The first-order valence-corrected chi connectivity index (χ1v) is 7.61. The fourth-order valence-electron chi connectivity index (χ4n) is 2.42. The van der Waals surface area contributed by atoms with Crippen LogP contribution in [0.25, 0.3) is 5.65 Å². The van der Waals surface area contributed by atoms with Crippen LogP contribution in [-0.4, -0.2) is 26.4 Å². The first-order chi connectivity index (χ1) is 11.4. The number of nitrogens with zero attached hydrogens (tertiary/aromatic N) is 2. The van der Waals surface area contributed by atoms with E-state index in [-0.39, 0.29) is 16.9 Å². The van der Waals surface area contributed by atoms with Crippen LogP contribution in [0.4, 0.5) is 5.69 Å². The zero-order valence-corrected chi connectivity index (χ0v) is 13.9. The molecule has 0 aliphatic rings. The van der Waals surface area contributed by atoms with Gasteiger partial charge >= 0.3 is 5.97 Å². The molecule has 2 N–H and O–H groups in total. The molecule has 0 spiro atoms. The van der Waals surface area contributed by atoms with Crippen LogP contribution in [0.2, 0.25) is 10.0 Å². The summed E-state index contributed by atoms with van der Waals surface area (Å²) < 4.78 is 1.48. The minimum absolute atomic E-state index is 0.00612. The largest absolute Gasteiger partial charge is 0.478 e. The number of hydrogen-bond donors (Lipinski definition) is 2. The molecule has 3 aromatic rings. The Bertz CT molecular complexity index is 982. The average Bonchev–Trinajstić information content (AvgIpc) is 2.84. The highest BCUT2D eigenvalue weighted by Gasteiger charge is 2.20. The van der Waals surface area contributed by atoms with E-state index in [9.17, 15) is 14.7 Å². The van der Waals surface area contributed by atoms with Crippen LogP contribution in [0.3, 0.4) is 0 Å². The number of rotatable bonds is 3. The zero-order valence-electron chi connectivity index (χ0n) is 12.4. The van der Waals surface area contributed by atoms with Gasteiger partial charge in [-0.15, -0.1) is 0 Å². The predicted molar refractivity (Wildman–Crippen MR) is 91.3 cm³/mol. The van der Waals surface area contributed by atoms with Crippen LogP contribution in [0.5, 0.6) is 0 Å². The van der Waals surface area contributed by atoms with Crippen molar-refractivity contribution in [3.63, 3.8) is 0 Å². The number of amides is 1. The molecule has 0 atom stereocenters. The Balaban J connectivity index is 2.07. The van der Waals surface area contributed by atoms with Gasteiger partial charge in [0.25, 0.3) is 5.91 Å². The fourth-order valence-corrected chi connectivity index (χ4v) is 2.93. The summed E-state index contributed by atoms with van der Waals surface area (Å²) in [5.74, 6) is -1.64. The van der Waals surface area contributed by atoms with E-state index in [2.05, 4.69) is 10.3 Å². The normalized spacial score (nSPS) is 10.8. The number of halogens is 2. The maximum Gasteiger partial charge on any atom is 0.337 e. The van der Waals surface area contributed by atoms with Crippen molar-refractivity contribution < 1.29 is 14.7 Å². The Labute approximate surface area is 146 Å². The minimum atomic E-state index is -1.13. The van der Waals surface area contributed by atoms with E-state index in [0.29, 0.717) is 21.4 Å². The van der Waals surface area contributed by atoms with E-state index in [1.165, 1.54) is 28.8 Å². The number of pyridine rings is 1. The Morgan fingerprint density at radius 1 is 1.25 bits per heavy atom. The third-order valence-corrected chi connectivity index (χ3v) is 3.92. The second-order valence-electron chi connectivity index (χ2n) is 5.05. The van der Waals surface area contributed by atoms with Crippen LogP contribution in [0.1, 0.15) is 26.5 Å². The molecule has 0 aliphatic heterocycles. The van der Waals surface area contributed by atoms with E-state index < -0.39 is 11.9 Å². The molecule has 2 heterocycles. The van der Waals surface area contributed by atoms with Crippen molar-refractivity contribution in [3.05, 3.63) is 63.5 Å². The molecule has 0 unspecified atom stereocenters. The lowest BCUT2D eigenvalue weighted by Gasteiger charge is -2.09. The first kappa shape index (κ1) is 16.3. The number of carboxylic acid groups (broad SMARTS) is 1. The number of aromatic nitrogens is 2. The van der Waals surface area contributed by atoms with Crippen molar-refractivity contribution in [2.24, 2.45) is 0 Å². The third-order valence-electron chi connectivity index (χ3n) is 3.44. The van der Waals surface area contributed by atoms with Gasteiger partial charge in [-0.3, -0.25) is 9.20 Å². The summed E-state index contributed by atoms with van der Waals surface area (Å²) in [6.07, 6.45) is 1.53. The maximum absolute atomic E-state index is 12.7. The SMILES string of the molecule is Cc1nc2c(Cl)cc(Cl)cn2c1C(=O)Nc1ccccc1C(=O)O. The molecule has 3 rings (SSSR count).